The molecule has 0 bridgehead atoms. The smallest absolute Gasteiger partial charge is 0.260 e. The number of carbonyl (C=O) groups is 1. The number of amides is 1. The number of benzene rings is 1. The van der Waals surface area contributed by atoms with Crippen molar-refractivity contribution in [2.24, 2.45) is 5.73 Å². The van der Waals surface area contributed by atoms with Crippen molar-refractivity contribution in [3.05, 3.63) is 29.8 Å². The van der Waals surface area contributed by atoms with Crippen molar-refractivity contribution in [3.63, 3.8) is 0 Å². The zero-order valence-corrected chi connectivity index (χ0v) is 11.3. The highest BCUT2D eigenvalue weighted by atomic mass is 16.5. The number of hydrogen-bond donors (Lipinski definition) is 2. The molecule has 0 radical (unpaired) electrons. The number of aliphatic hydroxyl groups is 1. The predicted octanol–water partition coefficient (Wildman–Crippen LogP) is -0.256. The molecule has 1 aliphatic rings. The first-order valence-corrected chi connectivity index (χ1v) is 6.65. The second-order valence-corrected chi connectivity index (χ2v) is 4.60. The SMILES string of the molecule is NCc1ccccc1OCC(=O)N1CCOCC1CO. The average molecular weight is 280 g/mol. The van der Waals surface area contributed by atoms with Crippen LogP contribution >= 0.6 is 0 Å². The third-order valence-corrected chi connectivity index (χ3v) is 3.30. The minimum absolute atomic E-state index is 0.0620. The molecule has 3 N–H and O–H groups in total. The fourth-order valence-electron chi connectivity index (χ4n) is 2.17. The molecule has 1 aliphatic heterocycles. The van der Waals surface area contributed by atoms with Crippen LogP contribution in [0.3, 0.4) is 0 Å². The molecule has 1 atom stereocenters. The van der Waals surface area contributed by atoms with Crippen molar-refractivity contribution >= 4 is 5.91 Å². The molecule has 0 spiro atoms. The van der Waals surface area contributed by atoms with Crippen molar-refractivity contribution in [2.45, 2.75) is 12.6 Å². The van der Waals surface area contributed by atoms with E-state index in [0.717, 1.165) is 5.56 Å². The monoisotopic (exact) mass is 280 g/mol. The maximum absolute atomic E-state index is 12.1. The number of rotatable bonds is 5. The Balaban J connectivity index is 1.94. The van der Waals surface area contributed by atoms with Crippen LogP contribution in [-0.4, -0.2) is 54.9 Å². The van der Waals surface area contributed by atoms with Crippen LogP contribution in [0.1, 0.15) is 5.56 Å². The van der Waals surface area contributed by atoms with Gasteiger partial charge in [0.1, 0.15) is 5.75 Å². The van der Waals surface area contributed by atoms with Gasteiger partial charge in [0.25, 0.3) is 5.91 Å². The number of aliphatic hydroxyl groups excluding tert-OH is 1. The van der Waals surface area contributed by atoms with E-state index in [2.05, 4.69) is 0 Å². The molecule has 0 aromatic heterocycles. The van der Waals surface area contributed by atoms with Gasteiger partial charge in [-0.3, -0.25) is 4.79 Å². The lowest BCUT2D eigenvalue weighted by Gasteiger charge is -2.34. The van der Waals surface area contributed by atoms with E-state index < -0.39 is 0 Å². The minimum atomic E-state index is -0.287. The molecule has 6 heteroatoms. The van der Waals surface area contributed by atoms with Gasteiger partial charge in [-0.25, -0.2) is 0 Å². The van der Waals surface area contributed by atoms with Crippen LogP contribution in [0, 0.1) is 0 Å². The van der Waals surface area contributed by atoms with Gasteiger partial charge in [-0.15, -0.1) is 0 Å². The lowest BCUT2D eigenvalue weighted by atomic mass is 10.2. The summed E-state index contributed by atoms with van der Waals surface area (Å²) in [6.45, 7) is 1.52. The summed E-state index contributed by atoms with van der Waals surface area (Å²) in [7, 11) is 0. The van der Waals surface area contributed by atoms with E-state index in [0.29, 0.717) is 32.1 Å². The quantitative estimate of drug-likeness (QED) is 0.776. The van der Waals surface area contributed by atoms with E-state index in [-0.39, 0.29) is 25.2 Å². The van der Waals surface area contributed by atoms with Gasteiger partial charge < -0.3 is 25.2 Å². The molecular weight excluding hydrogens is 260 g/mol. The van der Waals surface area contributed by atoms with Gasteiger partial charge in [-0.1, -0.05) is 18.2 Å². The summed E-state index contributed by atoms with van der Waals surface area (Å²) in [5.41, 5.74) is 6.48. The standard InChI is InChI=1S/C14H20N2O4/c15-7-11-3-1-2-4-13(11)20-10-14(18)16-5-6-19-9-12(16)8-17/h1-4,12,17H,5-10,15H2. The molecule has 1 aromatic carbocycles. The predicted molar refractivity (Wildman–Crippen MR) is 73.2 cm³/mol. The van der Waals surface area contributed by atoms with Crippen LogP contribution in [-0.2, 0) is 16.1 Å². The van der Waals surface area contributed by atoms with Crippen LogP contribution in [0.4, 0.5) is 0 Å². The Morgan fingerprint density at radius 3 is 3.05 bits per heavy atom. The highest BCUT2D eigenvalue weighted by molar-refractivity contribution is 5.78. The molecule has 110 valence electrons. The normalized spacial score (nSPS) is 18.9. The maximum atomic E-state index is 12.1. The Labute approximate surface area is 118 Å². The number of morpholine rings is 1. The van der Waals surface area contributed by atoms with Crippen molar-refractivity contribution < 1.29 is 19.4 Å². The molecule has 1 heterocycles. The maximum Gasteiger partial charge on any atom is 0.260 e. The van der Waals surface area contributed by atoms with Crippen LogP contribution in [0.2, 0.25) is 0 Å². The van der Waals surface area contributed by atoms with Crippen molar-refractivity contribution in [1.29, 1.82) is 0 Å². The van der Waals surface area contributed by atoms with E-state index in [4.69, 9.17) is 15.2 Å². The lowest BCUT2D eigenvalue weighted by Crippen LogP contribution is -2.51. The topological polar surface area (TPSA) is 85.0 Å². The number of carbonyl (C=O) groups excluding carboxylic acids is 1. The Kier molecular flexibility index (Phi) is 5.34. The zero-order chi connectivity index (χ0) is 14.4. The summed E-state index contributed by atoms with van der Waals surface area (Å²) in [4.78, 5) is 13.7. The largest absolute Gasteiger partial charge is 0.483 e. The Morgan fingerprint density at radius 1 is 1.50 bits per heavy atom. The molecule has 1 saturated heterocycles. The molecule has 20 heavy (non-hydrogen) atoms. The Bertz CT molecular complexity index is 453. The van der Waals surface area contributed by atoms with Gasteiger partial charge in [0.15, 0.2) is 6.61 Å². The first kappa shape index (κ1) is 14.8. The summed E-state index contributed by atoms with van der Waals surface area (Å²) in [6, 6.07) is 7.08. The van der Waals surface area contributed by atoms with E-state index in [9.17, 15) is 9.90 Å². The van der Waals surface area contributed by atoms with Gasteiger partial charge >= 0.3 is 0 Å². The van der Waals surface area contributed by atoms with E-state index >= 15 is 0 Å². The number of hydrogen-bond acceptors (Lipinski definition) is 5. The van der Waals surface area contributed by atoms with Gasteiger partial charge in [0.05, 0.1) is 25.9 Å². The summed E-state index contributed by atoms with van der Waals surface area (Å²) in [5.74, 6) is 0.469. The molecule has 0 aliphatic carbocycles. The third kappa shape index (κ3) is 3.47. The number of nitrogens with zero attached hydrogens (tertiary/aromatic N) is 1. The fourth-order valence-corrected chi connectivity index (χ4v) is 2.17. The molecule has 6 nitrogen and oxygen atoms in total. The summed E-state index contributed by atoms with van der Waals surface area (Å²) in [5, 5.41) is 9.25. The molecule has 0 saturated carbocycles. The molecule has 1 aromatic rings. The van der Waals surface area contributed by atoms with Crippen LogP contribution in [0.15, 0.2) is 24.3 Å². The third-order valence-electron chi connectivity index (χ3n) is 3.30. The molecular formula is C14H20N2O4. The lowest BCUT2D eigenvalue weighted by molar-refractivity contribution is -0.143. The zero-order valence-electron chi connectivity index (χ0n) is 11.3. The highest BCUT2D eigenvalue weighted by Gasteiger charge is 2.26. The average Bonchev–Trinajstić information content (AvgIpc) is 2.52. The van der Waals surface area contributed by atoms with Gasteiger partial charge in [-0.05, 0) is 6.07 Å². The number of nitrogens with two attached hydrogens (primary N) is 1. The first-order chi connectivity index (χ1) is 9.76. The van der Waals surface area contributed by atoms with Crippen LogP contribution in [0.5, 0.6) is 5.75 Å². The second-order valence-electron chi connectivity index (χ2n) is 4.60. The fraction of sp³-hybridized carbons (Fsp3) is 0.500. The van der Waals surface area contributed by atoms with Crippen molar-refractivity contribution in [3.8, 4) is 5.75 Å². The summed E-state index contributed by atoms with van der Waals surface area (Å²) < 4.78 is 10.8. The van der Waals surface area contributed by atoms with Crippen LogP contribution < -0.4 is 10.5 Å². The minimum Gasteiger partial charge on any atom is -0.483 e. The molecule has 1 unspecified atom stereocenters. The first-order valence-electron chi connectivity index (χ1n) is 6.65. The van der Waals surface area contributed by atoms with Gasteiger partial charge in [-0.2, -0.15) is 0 Å². The van der Waals surface area contributed by atoms with E-state index in [1.165, 1.54) is 0 Å². The van der Waals surface area contributed by atoms with E-state index in [1.807, 2.05) is 18.2 Å². The van der Waals surface area contributed by atoms with Crippen LogP contribution in [0.25, 0.3) is 0 Å². The van der Waals surface area contributed by atoms with Crippen molar-refractivity contribution in [2.75, 3.05) is 33.0 Å². The second kappa shape index (κ2) is 7.23. The van der Waals surface area contributed by atoms with E-state index in [1.54, 1.807) is 11.0 Å². The molecule has 1 amide bonds. The summed E-state index contributed by atoms with van der Waals surface area (Å²) >= 11 is 0. The number of ether oxygens (including phenoxy) is 2. The summed E-state index contributed by atoms with van der Waals surface area (Å²) in [6.07, 6.45) is 0. The Hall–Kier alpha value is -1.63. The van der Waals surface area contributed by atoms with Gasteiger partial charge in [0.2, 0.25) is 0 Å². The highest BCUT2D eigenvalue weighted by Crippen LogP contribution is 2.17. The van der Waals surface area contributed by atoms with Crippen molar-refractivity contribution in [1.82, 2.24) is 4.90 Å². The Morgan fingerprint density at radius 2 is 2.30 bits per heavy atom. The molecule has 1 fully saturated rings. The number of para-hydroxylation sites is 1. The molecule has 2 rings (SSSR count). The van der Waals surface area contributed by atoms with Gasteiger partial charge in [0, 0.05) is 18.7 Å².